The van der Waals surface area contributed by atoms with Crippen LogP contribution in [0.5, 0.6) is 0 Å². The van der Waals surface area contributed by atoms with Crippen LogP contribution in [0.1, 0.15) is 11.5 Å². The summed E-state index contributed by atoms with van der Waals surface area (Å²) in [6.07, 6.45) is 1.89. The Morgan fingerprint density at radius 1 is 1.29 bits per heavy atom. The molecule has 0 bridgehead atoms. The molecule has 0 radical (unpaired) electrons. The summed E-state index contributed by atoms with van der Waals surface area (Å²) in [5, 5.41) is 0. The lowest BCUT2D eigenvalue weighted by atomic mass is 10.1. The molecule has 0 fully saturated rings. The fourth-order valence-electron chi connectivity index (χ4n) is 1.48. The van der Waals surface area contributed by atoms with Crippen LogP contribution >= 0.6 is 11.6 Å². The van der Waals surface area contributed by atoms with Gasteiger partial charge in [-0.2, -0.15) is 0 Å². The molecular weight excluding hydrogens is 248 g/mol. The van der Waals surface area contributed by atoms with E-state index in [0.717, 1.165) is 6.07 Å². The number of benzene rings is 1. The number of aromatic nitrogens is 1. The summed E-state index contributed by atoms with van der Waals surface area (Å²) in [7, 11) is 0. The van der Waals surface area contributed by atoms with Crippen LogP contribution in [-0.2, 0) is 6.42 Å². The summed E-state index contributed by atoms with van der Waals surface area (Å²) in [4.78, 5) is 3.96. The summed E-state index contributed by atoms with van der Waals surface area (Å²) >= 11 is 5.54. The van der Waals surface area contributed by atoms with Crippen molar-refractivity contribution in [3.63, 3.8) is 0 Å². The highest BCUT2D eigenvalue weighted by Gasteiger charge is 2.13. The van der Waals surface area contributed by atoms with Crippen LogP contribution in [0.4, 0.5) is 8.78 Å². The Labute approximate surface area is 102 Å². The zero-order chi connectivity index (χ0) is 12.4. The molecule has 0 spiro atoms. The fourth-order valence-corrected chi connectivity index (χ4v) is 1.64. The summed E-state index contributed by atoms with van der Waals surface area (Å²) in [5.74, 6) is -0.138. The van der Waals surface area contributed by atoms with Crippen molar-refractivity contribution in [3.05, 3.63) is 41.4 Å². The maximum absolute atomic E-state index is 13.6. The predicted molar refractivity (Wildman–Crippen MR) is 61.0 cm³/mol. The largest absolute Gasteiger partial charge is 0.441 e. The number of hydrogen-bond acceptors (Lipinski definition) is 2. The van der Waals surface area contributed by atoms with Crippen LogP contribution in [0.15, 0.2) is 22.7 Å². The highest BCUT2D eigenvalue weighted by Crippen LogP contribution is 2.26. The van der Waals surface area contributed by atoms with Gasteiger partial charge in [-0.3, -0.25) is 0 Å². The van der Waals surface area contributed by atoms with Crippen LogP contribution < -0.4 is 0 Å². The van der Waals surface area contributed by atoms with Crippen LogP contribution in [0, 0.1) is 18.6 Å². The second-order valence-corrected chi connectivity index (χ2v) is 4.02. The van der Waals surface area contributed by atoms with Gasteiger partial charge in [0.05, 0.1) is 11.8 Å². The number of halogens is 3. The van der Waals surface area contributed by atoms with E-state index in [1.807, 2.05) is 0 Å². The minimum atomic E-state index is -0.665. The van der Waals surface area contributed by atoms with Gasteiger partial charge in [-0.25, -0.2) is 13.8 Å². The Morgan fingerprint density at radius 2 is 2.06 bits per heavy atom. The van der Waals surface area contributed by atoms with Crippen LogP contribution in [0.25, 0.3) is 11.3 Å². The fraction of sp³-hybridized carbons (Fsp3) is 0.250. The normalized spacial score (nSPS) is 10.8. The number of alkyl halides is 1. The summed E-state index contributed by atoms with van der Waals surface area (Å²) in [5.41, 5.74) is 0.564. The van der Waals surface area contributed by atoms with E-state index in [4.69, 9.17) is 16.0 Å². The highest BCUT2D eigenvalue weighted by atomic mass is 35.5. The standard InChI is InChI=1S/C12H10ClF2NO/c1-7-4-8(10(15)5-9(7)14)11-6-16-12(17-11)2-3-13/h4-6H,2-3H2,1H3. The average molecular weight is 258 g/mol. The summed E-state index contributed by atoms with van der Waals surface area (Å²) in [6, 6.07) is 2.24. The average Bonchev–Trinajstić information content (AvgIpc) is 2.72. The van der Waals surface area contributed by atoms with E-state index >= 15 is 0 Å². The molecule has 0 aliphatic carbocycles. The molecule has 90 valence electrons. The molecule has 2 rings (SSSR count). The van der Waals surface area contributed by atoms with Gasteiger partial charge in [0.2, 0.25) is 0 Å². The minimum Gasteiger partial charge on any atom is -0.441 e. The summed E-state index contributed by atoms with van der Waals surface area (Å²) < 4.78 is 32.0. The summed E-state index contributed by atoms with van der Waals surface area (Å²) in [6.45, 7) is 1.56. The molecule has 0 unspecified atom stereocenters. The smallest absolute Gasteiger partial charge is 0.196 e. The van der Waals surface area contributed by atoms with Crippen molar-refractivity contribution in [1.82, 2.24) is 4.98 Å². The second-order valence-electron chi connectivity index (χ2n) is 3.64. The lowest BCUT2D eigenvalue weighted by Crippen LogP contribution is -1.89. The van der Waals surface area contributed by atoms with Crippen molar-refractivity contribution in [3.8, 4) is 11.3 Å². The van der Waals surface area contributed by atoms with Gasteiger partial charge in [-0.15, -0.1) is 11.6 Å². The molecule has 2 aromatic rings. The van der Waals surface area contributed by atoms with E-state index in [1.54, 1.807) is 6.92 Å². The Morgan fingerprint density at radius 3 is 2.76 bits per heavy atom. The van der Waals surface area contributed by atoms with E-state index < -0.39 is 11.6 Å². The maximum Gasteiger partial charge on any atom is 0.196 e. The van der Waals surface area contributed by atoms with E-state index in [9.17, 15) is 8.78 Å². The molecule has 1 heterocycles. The number of nitrogens with zero attached hydrogens (tertiary/aromatic N) is 1. The predicted octanol–water partition coefficient (Wildman–Crippen LogP) is 3.71. The lowest BCUT2D eigenvalue weighted by molar-refractivity contribution is 0.508. The molecule has 17 heavy (non-hydrogen) atoms. The number of oxazole rings is 1. The van der Waals surface area contributed by atoms with Crippen molar-refractivity contribution in [1.29, 1.82) is 0 Å². The molecule has 0 aliphatic heterocycles. The van der Waals surface area contributed by atoms with Gasteiger partial charge in [-0.1, -0.05) is 0 Å². The monoisotopic (exact) mass is 257 g/mol. The molecule has 1 aromatic heterocycles. The third-order valence-corrected chi connectivity index (χ3v) is 2.56. The zero-order valence-electron chi connectivity index (χ0n) is 9.14. The van der Waals surface area contributed by atoms with E-state index in [-0.39, 0.29) is 11.3 Å². The first kappa shape index (κ1) is 12.0. The third kappa shape index (κ3) is 2.47. The Kier molecular flexibility index (Phi) is 3.43. The van der Waals surface area contributed by atoms with Gasteiger partial charge in [0.25, 0.3) is 0 Å². The minimum absolute atomic E-state index is 0.206. The Hall–Kier alpha value is -1.42. The van der Waals surface area contributed by atoms with Crippen molar-refractivity contribution >= 4 is 11.6 Å². The second kappa shape index (κ2) is 4.84. The van der Waals surface area contributed by atoms with Crippen LogP contribution in [0.2, 0.25) is 0 Å². The van der Waals surface area contributed by atoms with Gasteiger partial charge in [0.15, 0.2) is 11.7 Å². The molecule has 2 nitrogen and oxygen atoms in total. The van der Waals surface area contributed by atoms with Gasteiger partial charge >= 0.3 is 0 Å². The maximum atomic E-state index is 13.6. The number of aryl methyl sites for hydroxylation is 2. The molecule has 0 aliphatic rings. The zero-order valence-corrected chi connectivity index (χ0v) is 9.89. The molecule has 0 saturated heterocycles. The molecule has 0 amide bonds. The molecular formula is C12H10ClF2NO. The molecule has 0 saturated carbocycles. The topological polar surface area (TPSA) is 26.0 Å². The van der Waals surface area contributed by atoms with Crippen molar-refractivity contribution in [2.45, 2.75) is 13.3 Å². The molecule has 0 atom stereocenters. The van der Waals surface area contributed by atoms with Crippen molar-refractivity contribution in [2.24, 2.45) is 0 Å². The quantitative estimate of drug-likeness (QED) is 0.784. The SMILES string of the molecule is Cc1cc(-c2cnc(CCCl)o2)c(F)cc1F. The first-order valence-electron chi connectivity index (χ1n) is 5.08. The van der Waals surface area contributed by atoms with Gasteiger partial charge in [-0.05, 0) is 18.6 Å². The van der Waals surface area contributed by atoms with E-state index in [1.165, 1.54) is 12.3 Å². The number of hydrogen-bond donors (Lipinski definition) is 0. The van der Waals surface area contributed by atoms with E-state index in [2.05, 4.69) is 4.98 Å². The Balaban J connectivity index is 2.41. The third-order valence-electron chi connectivity index (χ3n) is 2.38. The van der Waals surface area contributed by atoms with Crippen LogP contribution in [0.3, 0.4) is 0 Å². The van der Waals surface area contributed by atoms with Gasteiger partial charge in [0, 0.05) is 18.4 Å². The van der Waals surface area contributed by atoms with Crippen LogP contribution in [-0.4, -0.2) is 10.9 Å². The first-order chi connectivity index (χ1) is 8.11. The van der Waals surface area contributed by atoms with Crippen molar-refractivity contribution in [2.75, 3.05) is 5.88 Å². The molecule has 5 heteroatoms. The van der Waals surface area contributed by atoms with E-state index in [0.29, 0.717) is 23.8 Å². The Bertz CT molecular complexity index is 539. The lowest BCUT2D eigenvalue weighted by Gasteiger charge is -2.02. The highest BCUT2D eigenvalue weighted by molar-refractivity contribution is 6.17. The number of rotatable bonds is 3. The first-order valence-corrected chi connectivity index (χ1v) is 5.62. The molecule has 0 N–H and O–H groups in total. The van der Waals surface area contributed by atoms with Gasteiger partial charge in [0.1, 0.15) is 11.6 Å². The van der Waals surface area contributed by atoms with Crippen molar-refractivity contribution < 1.29 is 13.2 Å². The van der Waals surface area contributed by atoms with Gasteiger partial charge < -0.3 is 4.42 Å². The molecule has 1 aromatic carbocycles.